The molecule has 138 valence electrons. The molecule has 0 bridgehead atoms. The van der Waals surface area contributed by atoms with Crippen LogP contribution in [0.15, 0.2) is 48.5 Å². The maximum atomic E-state index is 12.8. The summed E-state index contributed by atoms with van der Waals surface area (Å²) in [4.78, 5) is 23.8. The monoisotopic (exact) mass is 378 g/mol. The van der Waals surface area contributed by atoms with Crippen molar-refractivity contribution in [1.82, 2.24) is 5.32 Å². The molecule has 0 aliphatic rings. The molecule has 2 N–H and O–H groups in total. The quantitative estimate of drug-likeness (QED) is 0.690. The third kappa shape index (κ3) is 6.64. The van der Waals surface area contributed by atoms with E-state index in [0.29, 0.717) is 11.3 Å². The Morgan fingerprint density at radius 2 is 1.73 bits per heavy atom. The van der Waals surface area contributed by atoms with Crippen LogP contribution in [0.1, 0.15) is 28.8 Å². The van der Waals surface area contributed by atoms with E-state index in [1.165, 1.54) is 24.3 Å². The summed E-state index contributed by atoms with van der Waals surface area (Å²) in [6.07, 6.45) is 1.09. The lowest BCUT2D eigenvalue weighted by Crippen LogP contribution is -2.23. The van der Waals surface area contributed by atoms with E-state index in [0.717, 1.165) is 11.8 Å². The average molecular weight is 378 g/mol. The minimum Gasteiger partial charge on any atom is -0.352 e. The SMILES string of the molecule is CS(=O)(=O)Nc1cccc(CNC(=O)CCC(=O)c2ccc(F)cc2)c1. The third-order valence-electron chi connectivity index (χ3n) is 3.47. The molecule has 0 aromatic heterocycles. The van der Waals surface area contributed by atoms with Crippen LogP contribution in [0.4, 0.5) is 10.1 Å². The second kappa shape index (κ2) is 8.57. The van der Waals surface area contributed by atoms with Gasteiger partial charge in [-0.15, -0.1) is 0 Å². The second-order valence-electron chi connectivity index (χ2n) is 5.78. The minimum absolute atomic E-state index is 0.0114. The topological polar surface area (TPSA) is 92.3 Å². The van der Waals surface area contributed by atoms with Gasteiger partial charge in [0, 0.05) is 30.6 Å². The number of nitrogens with one attached hydrogen (secondary N) is 2. The number of carbonyl (C=O) groups excluding carboxylic acids is 2. The lowest BCUT2D eigenvalue weighted by Gasteiger charge is -2.08. The van der Waals surface area contributed by atoms with Crippen molar-refractivity contribution in [2.45, 2.75) is 19.4 Å². The van der Waals surface area contributed by atoms with Crippen molar-refractivity contribution in [2.75, 3.05) is 11.0 Å². The molecule has 0 aliphatic carbocycles. The van der Waals surface area contributed by atoms with Crippen LogP contribution < -0.4 is 10.0 Å². The molecule has 2 rings (SSSR count). The number of benzene rings is 2. The summed E-state index contributed by atoms with van der Waals surface area (Å²) in [6.45, 7) is 0.211. The summed E-state index contributed by atoms with van der Waals surface area (Å²) >= 11 is 0. The highest BCUT2D eigenvalue weighted by Gasteiger charge is 2.10. The van der Waals surface area contributed by atoms with Gasteiger partial charge in [0.1, 0.15) is 5.82 Å². The molecule has 0 saturated heterocycles. The van der Waals surface area contributed by atoms with Gasteiger partial charge in [0.25, 0.3) is 0 Å². The maximum Gasteiger partial charge on any atom is 0.229 e. The highest BCUT2D eigenvalue weighted by molar-refractivity contribution is 7.92. The van der Waals surface area contributed by atoms with E-state index in [1.54, 1.807) is 24.3 Å². The van der Waals surface area contributed by atoms with Crippen LogP contribution >= 0.6 is 0 Å². The summed E-state index contributed by atoms with van der Waals surface area (Å²) in [6, 6.07) is 11.8. The molecule has 0 fully saturated rings. The van der Waals surface area contributed by atoms with Gasteiger partial charge in [0.15, 0.2) is 5.78 Å². The summed E-state index contributed by atoms with van der Waals surface area (Å²) < 4.78 is 37.6. The lowest BCUT2D eigenvalue weighted by molar-refractivity contribution is -0.121. The number of hydrogen-bond donors (Lipinski definition) is 2. The van der Waals surface area contributed by atoms with Gasteiger partial charge in [0.2, 0.25) is 15.9 Å². The first-order valence-corrected chi connectivity index (χ1v) is 9.74. The number of rotatable bonds is 8. The minimum atomic E-state index is -3.37. The number of halogens is 1. The molecule has 26 heavy (non-hydrogen) atoms. The molecule has 2 aromatic carbocycles. The van der Waals surface area contributed by atoms with Crippen molar-refractivity contribution < 1.29 is 22.4 Å². The van der Waals surface area contributed by atoms with E-state index in [1.807, 2.05) is 0 Å². The molecule has 1 amide bonds. The van der Waals surface area contributed by atoms with Crippen molar-refractivity contribution in [3.63, 3.8) is 0 Å². The van der Waals surface area contributed by atoms with E-state index in [2.05, 4.69) is 10.0 Å². The van der Waals surface area contributed by atoms with E-state index in [9.17, 15) is 22.4 Å². The number of hydrogen-bond acceptors (Lipinski definition) is 4. The van der Waals surface area contributed by atoms with Gasteiger partial charge in [-0.25, -0.2) is 12.8 Å². The molecule has 0 atom stereocenters. The molecular weight excluding hydrogens is 359 g/mol. The van der Waals surface area contributed by atoms with Gasteiger partial charge >= 0.3 is 0 Å². The third-order valence-corrected chi connectivity index (χ3v) is 4.07. The summed E-state index contributed by atoms with van der Waals surface area (Å²) in [5, 5.41) is 2.68. The highest BCUT2D eigenvalue weighted by Crippen LogP contribution is 2.12. The Hall–Kier alpha value is -2.74. The zero-order chi connectivity index (χ0) is 19.2. The van der Waals surface area contributed by atoms with E-state index < -0.39 is 15.8 Å². The molecule has 0 unspecified atom stereocenters. The zero-order valence-corrected chi connectivity index (χ0v) is 15.0. The van der Waals surface area contributed by atoms with Crippen LogP contribution in [0.2, 0.25) is 0 Å². The molecule has 0 aliphatic heterocycles. The predicted octanol–water partition coefficient (Wildman–Crippen LogP) is 2.48. The van der Waals surface area contributed by atoms with Crippen LogP contribution in [0, 0.1) is 5.82 Å². The predicted molar refractivity (Wildman–Crippen MR) is 96.7 cm³/mol. The molecule has 0 saturated carbocycles. The highest BCUT2D eigenvalue weighted by atomic mass is 32.2. The summed E-state index contributed by atoms with van der Waals surface area (Å²) in [5.74, 6) is -0.965. The molecule has 0 heterocycles. The smallest absolute Gasteiger partial charge is 0.229 e. The Morgan fingerprint density at radius 3 is 2.38 bits per heavy atom. The number of ketones is 1. The fourth-order valence-corrected chi connectivity index (χ4v) is 2.81. The summed E-state index contributed by atoms with van der Waals surface area (Å²) in [5.41, 5.74) is 1.49. The maximum absolute atomic E-state index is 12.8. The van der Waals surface area contributed by atoms with Crippen LogP contribution in [0.3, 0.4) is 0 Å². The van der Waals surface area contributed by atoms with Crippen molar-refractivity contribution >= 4 is 27.4 Å². The number of Topliss-reactive ketones (excluding diaryl/α,β-unsaturated/α-hetero) is 1. The number of sulfonamides is 1. The van der Waals surface area contributed by atoms with Gasteiger partial charge < -0.3 is 5.32 Å². The van der Waals surface area contributed by atoms with E-state index in [4.69, 9.17) is 0 Å². The van der Waals surface area contributed by atoms with Gasteiger partial charge in [-0.2, -0.15) is 0 Å². The molecule has 6 nitrogen and oxygen atoms in total. The lowest BCUT2D eigenvalue weighted by atomic mass is 10.1. The first kappa shape index (κ1) is 19.6. The number of anilines is 1. The largest absolute Gasteiger partial charge is 0.352 e. The van der Waals surface area contributed by atoms with E-state index >= 15 is 0 Å². The van der Waals surface area contributed by atoms with Gasteiger partial charge in [0.05, 0.1) is 6.26 Å². The fourth-order valence-electron chi connectivity index (χ4n) is 2.26. The van der Waals surface area contributed by atoms with Gasteiger partial charge in [-0.05, 0) is 42.0 Å². The Morgan fingerprint density at radius 1 is 1.04 bits per heavy atom. The second-order valence-corrected chi connectivity index (χ2v) is 7.53. The molecule has 8 heteroatoms. The summed E-state index contributed by atoms with van der Waals surface area (Å²) in [7, 11) is -3.37. The zero-order valence-electron chi connectivity index (χ0n) is 14.2. The standard InChI is InChI=1S/C18H19FN2O4S/c1-26(24,25)21-16-4-2-3-13(11-16)12-20-18(23)10-9-17(22)14-5-7-15(19)8-6-14/h2-8,11,21H,9-10,12H2,1H3,(H,20,23). The average Bonchev–Trinajstić information content (AvgIpc) is 2.57. The van der Waals surface area contributed by atoms with Gasteiger partial charge in [-0.1, -0.05) is 12.1 Å². The van der Waals surface area contributed by atoms with E-state index in [-0.39, 0.29) is 31.1 Å². The van der Waals surface area contributed by atoms with Crippen LogP contribution in [-0.4, -0.2) is 26.4 Å². The molecular formula is C18H19FN2O4S. The van der Waals surface area contributed by atoms with Crippen molar-refractivity contribution in [3.05, 3.63) is 65.5 Å². The van der Waals surface area contributed by atoms with Crippen molar-refractivity contribution in [3.8, 4) is 0 Å². The van der Waals surface area contributed by atoms with Crippen molar-refractivity contribution in [1.29, 1.82) is 0 Å². The normalized spacial score (nSPS) is 11.0. The van der Waals surface area contributed by atoms with Crippen molar-refractivity contribution in [2.24, 2.45) is 0 Å². The Labute approximate surface area is 151 Å². The van der Waals surface area contributed by atoms with Crippen LogP contribution in [-0.2, 0) is 21.4 Å². The van der Waals surface area contributed by atoms with Crippen LogP contribution in [0.25, 0.3) is 0 Å². The fraction of sp³-hybridized carbons (Fsp3) is 0.222. The first-order chi connectivity index (χ1) is 12.2. The molecule has 0 radical (unpaired) electrons. The Kier molecular flexibility index (Phi) is 6.46. The number of amides is 1. The van der Waals surface area contributed by atoms with Gasteiger partial charge in [-0.3, -0.25) is 14.3 Å². The molecule has 2 aromatic rings. The first-order valence-electron chi connectivity index (χ1n) is 7.85. The Balaban J connectivity index is 1.82. The number of carbonyl (C=O) groups is 2. The Bertz CT molecular complexity index is 896. The van der Waals surface area contributed by atoms with Crippen LogP contribution in [0.5, 0.6) is 0 Å². The molecule has 0 spiro atoms.